The van der Waals surface area contributed by atoms with Gasteiger partial charge in [-0.25, -0.2) is 8.78 Å². The van der Waals surface area contributed by atoms with E-state index in [-0.39, 0.29) is 6.04 Å². The van der Waals surface area contributed by atoms with Gasteiger partial charge in [0.15, 0.2) is 0 Å². The lowest BCUT2D eigenvalue weighted by Crippen LogP contribution is -2.38. The predicted molar refractivity (Wildman–Crippen MR) is 80.8 cm³/mol. The van der Waals surface area contributed by atoms with Crippen molar-refractivity contribution in [3.8, 4) is 0 Å². The summed E-state index contributed by atoms with van der Waals surface area (Å²) in [5.41, 5.74) is 0.739. The Morgan fingerprint density at radius 3 is 2.20 bits per heavy atom. The molecule has 0 radical (unpaired) electrons. The maximum atomic E-state index is 13.3. The molecule has 0 spiro atoms. The average Bonchev–Trinajstić information content (AvgIpc) is 2.38. The van der Waals surface area contributed by atoms with Crippen LogP contribution in [0.4, 0.5) is 8.78 Å². The van der Waals surface area contributed by atoms with Crippen LogP contribution in [0.15, 0.2) is 18.2 Å². The van der Waals surface area contributed by atoms with Gasteiger partial charge in [0.2, 0.25) is 0 Å². The quantitative estimate of drug-likeness (QED) is 0.692. The van der Waals surface area contributed by atoms with Crippen molar-refractivity contribution in [1.82, 2.24) is 5.32 Å². The molecule has 0 fully saturated rings. The lowest BCUT2D eigenvalue weighted by atomic mass is 9.87. The van der Waals surface area contributed by atoms with Crippen LogP contribution in [0.2, 0.25) is 0 Å². The Bertz CT molecular complexity index is 372. The number of likely N-dealkylation sites (N-methyl/N-ethyl adjacent to an activating group) is 1. The Morgan fingerprint density at radius 2 is 1.70 bits per heavy atom. The number of rotatable bonds is 9. The van der Waals surface area contributed by atoms with Gasteiger partial charge in [-0.05, 0) is 43.0 Å². The summed E-state index contributed by atoms with van der Waals surface area (Å²) >= 11 is 0. The molecule has 0 saturated heterocycles. The minimum absolute atomic E-state index is 0.290. The van der Waals surface area contributed by atoms with E-state index in [4.69, 9.17) is 0 Å². The molecule has 1 aromatic rings. The molecule has 1 N–H and O–H groups in total. The Hall–Kier alpha value is -0.960. The highest BCUT2D eigenvalue weighted by atomic mass is 19.1. The molecule has 20 heavy (non-hydrogen) atoms. The van der Waals surface area contributed by atoms with Crippen LogP contribution in [0.5, 0.6) is 0 Å². The van der Waals surface area contributed by atoms with Crippen molar-refractivity contribution in [2.75, 3.05) is 6.54 Å². The zero-order chi connectivity index (χ0) is 15.0. The van der Waals surface area contributed by atoms with Crippen LogP contribution in [0.1, 0.15) is 52.0 Å². The summed E-state index contributed by atoms with van der Waals surface area (Å²) in [7, 11) is 0. The standard InChI is InChI=1S/C17H27F2N/c1-4-7-8-14(5-2)17(20-6-3)11-13-9-15(18)12-16(19)10-13/h9-10,12,14,17,20H,4-8,11H2,1-3H3. The van der Waals surface area contributed by atoms with E-state index in [1.165, 1.54) is 31.4 Å². The van der Waals surface area contributed by atoms with Crippen molar-refractivity contribution in [3.63, 3.8) is 0 Å². The summed E-state index contributed by atoms with van der Waals surface area (Å²) in [5, 5.41) is 3.49. The summed E-state index contributed by atoms with van der Waals surface area (Å²) < 4.78 is 26.6. The SMILES string of the molecule is CCCCC(CC)C(Cc1cc(F)cc(F)c1)NCC. The lowest BCUT2D eigenvalue weighted by molar-refractivity contribution is 0.319. The summed E-state index contributed by atoms with van der Waals surface area (Å²) in [6.45, 7) is 7.34. The van der Waals surface area contributed by atoms with Crippen molar-refractivity contribution >= 4 is 0 Å². The first-order valence-electron chi connectivity index (χ1n) is 7.79. The zero-order valence-corrected chi connectivity index (χ0v) is 12.9. The van der Waals surface area contributed by atoms with Crippen molar-refractivity contribution in [2.24, 2.45) is 5.92 Å². The van der Waals surface area contributed by atoms with E-state index in [1.807, 2.05) is 0 Å². The Labute approximate surface area is 121 Å². The van der Waals surface area contributed by atoms with Crippen molar-refractivity contribution < 1.29 is 8.78 Å². The fourth-order valence-corrected chi connectivity index (χ4v) is 2.81. The van der Waals surface area contributed by atoms with E-state index in [2.05, 4.69) is 26.1 Å². The summed E-state index contributed by atoms with van der Waals surface area (Å²) in [6, 6.07) is 4.11. The first-order valence-corrected chi connectivity index (χ1v) is 7.79. The number of unbranched alkanes of at least 4 members (excludes halogenated alkanes) is 1. The minimum atomic E-state index is -0.489. The molecule has 1 aromatic carbocycles. The second-order valence-corrected chi connectivity index (χ2v) is 5.46. The third-order valence-corrected chi connectivity index (χ3v) is 3.87. The van der Waals surface area contributed by atoms with Gasteiger partial charge in [0, 0.05) is 12.1 Å². The Balaban J connectivity index is 2.78. The van der Waals surface area contributed by atoms with Crippen molar-refractivity contribution in [2.45, 2.75) is 58.9 Å². The van der Waals surface area contributed by atoms with Gasteiger partial charge in [-0.15, -0.1) is 0 Å². The Kier molecular flexibility index (Phi) is 7.75. The van der Waals surface area contributed by atoms with Gasteiger partial charge in [-0.1, -0.05) is 40.0 Å². The fourth-order valence-electron chi connectivity index (χ4n) is 2.81. The molecular weight excluding hydrogens is 256 g/mol. The average molecular weight is 283 g/mol. The van der Waals surface area contributed by atoms with Gasteiger partial charge in [0.05, 0.1) is 0 Å². The monoisotopic (exact) mass is 283 g/mol. The highest BCUT2D eigenvalue weighted by molar-refractivity contribution is 5.19. The topological polar surface area (TPSA) is 12.0 Å². The third kappa shape index (κ3) is 5.58. The van der Waals surface area contributed by atoms with E-state index >= 15 is 0 Å². The first-order chi connectivity index (χ1) is 9.60. The lowest BCUT2D eigenvalue weighted by Gasteiger charge is -2.27. The highest BCUT2D eigenvalue weighted by Gasteiger charge is 2.19. The van der Waals surface area contributed by atoms with Crippen LogP contribution in [0.25, 0.3) is 0 Å². The summed E-state index contributed by atoms with van der Waals surface area (Å²) in [6.07, 6.45) is 5.34. The van der Waals surface area contributed by atoms with E-state index in [0.717, 1.165) is 24.6 Å². The van der Waals surface area contributed by atoms with Crippen molar-refractivity contribution in [3.05, 3.63) is 35.4 Å². The molecule has 2 atom stereocenters. The molecule has 1 rings (SSSR count). The molecule has 0 aliphatic heterocycles. The van der Waals surface area contributed by atoms with Gasteiger partial charge in [-0.3, -0.25) is 0 Å². The molecule has 0 bridgehead atoms. The van der Waals surface area contributed by atoms with Crippen LogP contribution < -0.4 is 5.32 Å². The molecule has 0 amide bonds. The molecule has 2 unspecified atom stereocenters. The van der Waals surface area contributed by atoms with Crippen molar-refractivity contribution in [1.29, 1.82) is 0 Å². The van der Waals surface area contributed by atoms with Crippen LogP contribution in [-0.2, 0) is 6.42 Å². The van der Waals surface area contributed by atoms with E-state index in [1.54, 1.807) is 0 Å². The molecule has 0 aliphatic rings. The van der Waals surface area contributed by atoms with Gasteiger partial charge < -0.3 is 5.32 Å². The fraction of sp³-hybridized carbons (Fsp3) is 0.647. The number of hydrogen-bond donors (Lipinski definition) is 1. The summed E-state index contributed by atoms with van der Waals surface area (Å²) in [4.78, 5) is 0. The molecule has 0 aliphatic carbocycles. The minimum Gasteiger partial charge on any atom is -0.314 e. The van der Waals surface area contributed by atoms with Gasteiger partial charge in [0.25, 0.3) is 0 Å². The van der Waals surface area contributed by atoms with Crippen LogP contribution in [0, 0.1) is 17.6 Å². The van der Waals surface area contributed by atoms with Gasteiger partial charge in [-0.2, -0.15) is 0 Å². The molecule has 0 aromatic heterocycles. The predicted octanol–water partition coefficient (Wildman–Crippen LogP) is 4.70. The molecule has 114 valence electrons. The van der Waals surface area contributed by atoms with Crippen LogP contribution >= 0.6 is 0 Å². The second-order valence-electron chi connectivity index (χ2n) is 5.46. The highest BCUT2D eigenvalue weighted by Crippen LogP contribution is 2.21. The largest absolute Gasteiger partial charge is 0.314 e. The normalized spacial score (nSPS) is 14.2. The number of hydrogen-bond acceptors (Lipinski definition) is 1. The van der Waals surface area contributed by atoms with E-state index < -0.39 is 11.6 Å². The smallest absolute Gasteiger partial charge is 0.126 e. The molecule has 0 heterocycles. The maximum Gasteiger partial charge on any atom is 0.126 e. The van der Waals surface area contributed by atoms with Gasteiger partial charge >= 0.3 is 0 Å². The molecule has 0 saturated carbocycles. The molecular formula is C17H27F2N. The zero-order valence-electron chi connectivity index (χ0n) is 12.9. The number of benzene rings is 1. The molecule has 3 heteroatoms. The van der Waals surface area contributed by atoms with Gasteiger partial charge in [0.1, 0.15) is 11.6 Å². The van der Waals surface area contributed by atoms with Crippen LogP contribution in [0.3, 0.4) is 0 Å². The second kappa shape index (κ2) is 9.06. The van der Waals surface area contributed by atoms with Crippen LogP contribution in [-0.4, -0.2) is 12.6 Å². The Morgan fingerprint density at radius 1 is 1.05 bits per heavy atom. The number of nitrogens with one attached hydrogen (secondary N) is 1. The van der Waals surface area contributed by atoms with E-state index in [0.29, 0.717) is 12.3 Å². The number of halogens is 2. The first kappa shape index (κ1) is 17.1. The van der Waals surface area contributed by atoms with E-state index in [9.17, 15) is 8.78 Å². The summed E-state index contributed by atoms with van der Waals surface area (Å²) in [5.74, 6) is -0.421. The third-order valence-electron chi connectivity index (χ3n) is 3.87. The molecule has 1 nitrogen and oxygen atoms in total. The maximum absolute atomic E-state index is 13.3.